The van der Waals surface area contributed by atoms with Crippen LogP contribution in [-0.2, 0) is 16.1 Å². The van der Waals surface area contributed by atoms with Gasteiger partial charge < -0.3 is 9.72 Å². The number of hydrogen-bond acceptors (Lipinski definition) is 3. The van der Waals surface area contributed by atoms with Gasteiger partial charge in [0.2, 0.25) is 5.56 Å². The number of ether oxygens (including phenoxy) is 1. The van der Waals surface area contributed by atoms with E-state index in [-0.39, 0.29) is 23.9 Å². The third-order valence-corrected chi connectivity index (χ3v) is 2.00. The van der Waals surface area contributed by atoms with Crippen molar-refractivity contribution in [3.63, 3.8) is 0 Å². The quantitative estimate of drug-likeness (QED) is 0.790. The summed E-state index contributed by atoms with van der Waals surface area (Å²) >= 11 is 0. The van der Waals surface area contributed by atoms with Crippen LogP contribution < -0.4 is 5.56 Å². The van der Waals surface area contributed by atoms with E-state index in [1.165, 1.54) is 6.07 Å². The van der Waals surface area contributed by atoms with Gasteiger partial charge in [0.25, 0.3) is 0 Å². The van der Waals surface area contributed by atoms with Crippen LogP contribution in [0.25, 0.3) is 0 Å². The van der Waals surface area contributed by atoms with Gasteiger partial charge in [-0.15, -0.1) is 0 Å². The molecule has 0 saturated carbocycles. The van der Waals surface area contributed by atoms with E-state index in [2.05, 4.69) is 4.98 Å². The van der Waals surface area contributed by atoms with E-state index in [0.717, 1.165) is 5.56 Å². The summed E-state index contributed by atoms with van der Waals surface area (Å²) in [5, 5.41) is 0. The molecule has 0 unspecified atom stereocenters. The summed E-state index contributed by atoms with van der Waals surface area (Å²) in [7, 11) is 0. The first kappa shape index (κ1) is 11.7. The van der Waals surface area contributed by atoms with Crippen LogP contribution in [0.2, 0.25) is 0 Å². The Morgan fingerprint density at radius 1 is 1.53 bits per heavy atom. The standard InChI is InChI=1S/C11H15NO3/c1-8(2)10(13)7-15-6-9-3-4-12-11(14)5-9/h3-5,8H,6-7H2,1-2H3,(H,12,14). The van der Waals surface area contributed by atoms with Crippen LogP contribution in [0.4, 0.5) is 0 Å². The van der Waals surface area contributed by atoms with Crippen molar-refractivity contribution in [2.45, 2.75) is 20.5 Å². The number of carbonyl (C=O) groups excluding carboxylic acids is 1. The number of aromatic nitrogens is 1. The van der Waals surface area contributed by atoms with Gasteiger partial charge in [-0.3, -0.25) is 9.59 Å². The van der Waals surface area contributed by atoms with E-state index < -0.39 is 0 Å². The van der Waals surface area contributed by atoms with Gasteiger partial charge in [0.1, 0.15) is 6.61 Å². The molecule has 0 aromatic carbocycles. The second-order valence-corrected chi connectivity index (χ2v) is 3.67. The van der Waals surface area contributed by atoms with Crippen molar-refractivity contribution in [2.75, 3.05) is 6.61 Å². The lowest BCUT2D eigenvalue weighted by atomic mass is 10.1. The summed E-state index contributed by atoms with van der Waals surface area (Å²) < 4.78 is 5.20. The van der Waals surface area contributed by atoms with Gasteiger partial charge in [-0.05, 0) is 11.6 Å². The van der Waals surface area contributed by atoms with Crippen LogP contribution in [0.15, 0.2) is 23.1 Å². The number of rotatable bonds is 5. The van der Waals surface area contributed by atoms with Gasteiger partial charge in [0.05, 0.1) is 6.61 Å². The zero-order chi connectivity index (χ0) is 11.3. The fraction of sp³-hybridized carbons (Fsp3) is 0.455. The largest absolute Gasteiger partial charge is 0.369 e. The normalized spacial score (nSPS) is 10.6. The summed E-state index contributed by atoms with van der Waals surface area (Å²) in [6, 6.07) is 3.21. The van der Waals surface area contributed by atoms with E-state index in [9.17, 15) is 9.59 Å². The molecule has 4 nitrogen and oxygen atoms in total. The summed E-state index contributed by atoms with van der Waals surface area (Å²) in [5.74, 6) is 0.0593. The number of H-pyrrole nitrogens is 1. The predicted molar refractivity (Wildman–Crippen MR) is 56.6 cm³/mol. The lowest BCUT2D eigenvalue weighted by molar-refractivity contribution is -0.126. The fourth-order valence-corrected chi connectivity index (χ4v) is 1.01. The second kappa shape index (κ2) is 5.46. The van der Waals surface area contributed by atoms with E-state index in [1.807, 2.05) is 13.8 Å². The van der Waals surface area contributed by atoms with E-state index in [4.69, 9.17) is 4.74 Å². The van der Waals surface area contributed by atoms with Gasteiger partial charge in [-0.2, -0.15) is 0 Å². The van der Waals surface area contributed by atoms with Crippen molar-refractivity contribution < 1.29 is 9.53 Å². The highest BCUT2D eigenvalue weighted by atomic mass is 16.5. The zero-order valence-electron chi connectivity index (χ0n) is 8.95. The first-order valence-corrected chi connectivity index (χ1v) is 4.87. The van der Waals surface area contributed by atoms with Crippen LogP contribution in [0, 0.1) is 5.92 Å². The molecule has 4 heteroatoms. The number of Topliss-reactive ketones (excluding diaryl/α,β-unsaturated/α-hetero) is 1. The van der Waals surface area contributed by atoms with E-state index >= 15 is 0 Å². The molecule has 0 aliphatic rings. The summed E-state index contributed by atoms with van der Waals surface area (Å²) in [6.45, 7) is 4.06. The number of ketones is 1. The van der Waals surface area contributed by atoms with Crippen molar-refractivity contribution in [3.05, 3.63) is 34.2 Å². The summed E-state index contributed by atoms with van der Waals surface area (Å²) in [4.78, 5) is 24.6. The lowest BCUT2D eigenvalue weighted by Crippen LogP contribution is -2.15. The summed E-state index contributed by atoms with van der Waals surface area (Å²) in [5.41, 5.74) is 0.613. The molecule has 15 heavy (non-hydrogen) atoms. The number of pyridine rings is 1. The van der Waals surface area contributed by atoms with Gasteiger partial charge in [0.15, 0.2) is 5.78 Å². The van der Waals surface area contributed by atoms with Gasteiger partial charge in [-0.25, -0.2) is 0 Å². The zero-order valence-corrected chi connectivity index (χ0v) is 8.95. The minimum absolute atomic E-state index is 0.0100. The monoisotopic (exact) mass is 209 g/mol. The molecule has 1 aromatic rings. The van der Waals surface area contributed by atoms with Crippen LogP contribution >= 0.6 is 0 Å². The SMILES string of the molecule is CC(C)C(=O)COCc1cc[nH]c(=O)c1. The Kier molecular flexibility index (Phi) is 4.24. The highest BCUT2D eigenvalue weighted by Crippen LogP contribution is 1.99. The Morgan fingerprint density at radius 2 is 2.27 bits per heavy atom. The smallest absolute Gasteiger partial charge is 0.248 e. The Labute approximate surface area is 88.3 Å². The average Bonchev–Trinajstić information content (AvgIpc) is 2.17. The molecular weight excluding hydrogens is 194 g/mol. The first-order chi connectivity index (χ1) is 7.09. The van der Waals surface area contributed by atoms with Gasteiger partial charge in [0, 0.05) is 18.2 Å². The maximum atomic E-state index is 11.2. The third kappa shape index (κ3) is 4.08. The third-order valence-electron chi connectivity index (χ3n) is 2.00. The Balaban J connectivity index is 2.38. The molecule has 0 aliphatic carbocycles. The topological polar surface area (TPSA) is 59.2 Å². The van der Waals surface area contributed by atoms with E-state index in [0.29, 0.717) is 6.61 Å². The lowest BCUT2D eigenvalue weighted by Gasteiger charge is -2.05. The Bertz CT molecular complexity index is 381. The molecular formula is C11H15NO3. The molecule has 1 heterocycles. The van der Waals surface area contributed by atoms with Crippen LogP contribution in [0.5, 0.6) is 0 Å². The van der Waals surface area contributed by atoms with Crippen LogP contribution in [-0.4, -0.2) is 17.4 Å². The molecule has 0 saturated heterocycles. The summed E-state index contributed by atoms with van der Waals surface area (Å²) in [6.07, 6.45) is 1.56. The van der Waals surface area contributed by atoms with Gasteiger partial charge >= 0.3 is 0 Å². The van der Waals surface area contributed by atoms with Crippen molar-refractivity contribution in [2.24, 2.45) is 5.92 Å². The molecule has 1 aromatic heterocycles. The van der Waals surface area contributed by atoms with Gasteiger partial charge in [-0.1, -0.05) is 13.8 Å². The molecule has 0 radical (unpaired) electrons. The van der Waals surface area contributed by atoms with Crippen molar-refractivity contribution in [3.8, 4) is 0 Å². The maximum absolute atomic E-state index is 11.2. The molecule has 0 atom stereocenters. The minimum Gasteiger partial charge on any atom is -0.369 e. The highest BCUT2D eigenvalue weighted by Gasteiger charge is 2.06. The van der Waals surface area contributed by atoms with Crippen LogP contribution in [0.1, 0.15) is 19.4 Å². The molecule has 82 valence electrons. The number of nitrogens with one attached hydrogen (secondary N) is 1. The molecule has 1 rings (SSSR count). The molecule has 0 spiro atoms. The van der Waals surface area contributed by atoms with E-state index in [1.54, 1.807) is 12.3 Å². The van der Waals surface area contributed by atoms with Crippen LogP contribution in [0.3, 0.4) is 0 Å². The van der Waals surface area contributed by atoms with Crippen molar-refractivity contribution in [1.82, 2.24) is 4.98 Å². The number of carbonyl (C=O) groups is 1. The number of hydrogen-bond donors (Lipinski definition) is 1. The molecule has 0 fully saturated rings. The number of aromatic amines is 1. The van der Waals surface area contributed by atoms with Crippen molar-refractivity contribution >= 4 is 5.78 Å². The Morgan fingerprint density at radius 3 is 2.87 bits per heavy atom. The molecule has 0 amide bonds. The minimum atomic E-state index is -0.161. The molecule has 1 N–H and O–H groups in total. The highest BCUT2D eigenvalue weighted by molar-refractivity contribution is 5.81. The fourth-order valence-electron chi connectivity index (χ4n) is 1.01. The van der Waals surface area contributed by atoms with Crippen molar-refractivity contribution in [1.29, 1.82) is 0 Å². The average molecular weight is 209 g/mol. The molecule has 0 bridgehead atoms. The first-order valence-electron chi connectivity index (χ1n) is 4.87. The Hall–Kier alpha value is -1.42. The predicted octanol–water partition coefficient (Wildman–Crippen LogP) is 1.12. The second-order valence-electron chi connectivity index (χ2n) is 3.67. The maximum Gasteiger partial charge on any atom is 0.248 e. The molecule has 0 aliphatic heterocycles.